The van der Waals surface area contributed by atoms with Gasteiger partial charge < -0.3 is 18.9 Å². The van der Waals surface area contributed by atoms with Gasteiger partial charge in [0.25, 0.3) is 0 Å². The van der Waals surface area contributed by atoms with Crippen molar-refractivity contribution in [3.8, 4) is 0 Å². The summed E-state index contributed by atoms with van der Waals surface area (Å²) in [5.41, 5.74) is 0.235. The molecule has 1 rings (SSSR count). The largest absolute Gasteiger partial charge is 0.462 e. The number of hydrogen-bond donors (Lipinski definition) is 0. The first-order valence-corrected chi connectivity index (χ1v) is 15.4. The Morgan fingerprint density at radius 3 is 1.93 bits per heavy atom. The zero-order valence-electron chi connectivity index (χ0n) is 25.7. The topological polar surface area (TPSA) is 88.1 Å². The average Bonchev–Trinajstić information content (AvgIpc) is 2.96. The van der Waals surface area contributed by atoms with Gasteiger partial charge in [0.1, 0.15) is 6.61 Å². The molecule has 0 heterocycles. The molecule has 0 aliphatic heterocycles. The van der Waals surface area contributed by atoms with Crippen molar-refractivity contribution < 1.29 is 33.3 Å². The van der Waals surface area contributed by atoms with Crippen LogP contribution < -0.4 is 0 Å². The Hall–Kier alpha value is -2.93. The van der Waals surface area contributed by atoms with E-state index in [1.807, 2.05) is 13.8 Å². The predicted octanol–water partition coefficient (Wildman–Crippen LogP) is 8.17. The third-order valence-electron chi connectivity index (χ3n) is 6.29. The molecule has 7 heteroatoms. The van der Waals surface area contributed by atoms with Crippen molar-refractivity contribution in [2.75, 3.05) is 19.8 Å². The second kappa shape index (κ2) is 23.7. The van der Waals surface area contributed by atoms with Crippen molar-refractivity contribution in [3.63, 3.8) is 0 Å². The van der Waals surface area contributed by atoms with Gasteiger partial charge in [-0.05, 0) is 71.4 Å². The van der Waals surface area contributed by atoms with Crippen molar-refractivity contribution in [2.24, 2.45) is 0 Å². The van der Waals surface area contributed by atoms with Crippen molar-refractivity contribution in [1.29, 1.82) is 0 Å². The molecule has 7 nitrogen and oxygen atoms in total. The molecule has 0 aliphatic carbocycles. The first kappa shape index (κ1) is 36.1. The lowest BCUT2D eigenvalue weighted by Crippen LogP contribution is -2.31. The Kier molecular flexibility index (Phi) is 20.9. The van der Waals surface area contributed by atoms with Crippen molar-refractivity contribution in [1.82, 2.24) is 0 Å². The molecule has 41 heavy (non-hydrogen) atoms. The molecular formula is C34H52O7. The predicted molar refractivity (Wildman–Crippen MR) is 163 cm³/mol. The summed E-state index contributed by atoms with van der Waals surface area (Å²) < 4.78 is 21.6. The quantitative estimate of drug-likeness (QED) is 0.0565. The highest BCUT2D eigenvalue weighted by molar-refractivity contribution is 6.03. The first-order valence-electron chi connectivity index (χ1n) is 15.4. The minimum atomic E-state index is -0.735. The minimum absolute atomic E-state index is 0.0710. The van der Waals surface area contributed by atoms with Gasteiger partial charge in [0, 0.05) is 6.42 Å². The smallest absolute Gasteiger partial charge is 0.339 e. The van der Waals surface area contributed by atoms with Crippen LogP contribution in [0.4, 0.5) is 0 Å². The third kappa shape index (κ3) is 18.2. The van der Waals surface area contributed by atoms with E-state index in [9.17, 15) is 14.4 Å². The summed E-state index contributed by atoms with van der Waals surface area (Å²) in [5, 5.41) is 0. The van der Waals surface area contributed by atoms with Gasteiger partial charge in [0.15, 0.2) is 6.10 Å². The highest BCUT2D eigenvalue weighted by atomic mass is 16.6. The average molecular weight is 573 g/mol. The summed E-state index contributed by atoms with van der Waals surface area (Å²) in [5.74, 6) is -1.62. The van der Waals surface area contributed by atoms with Crippen LogP contribution >= 0.6 is 0 Å². The van der Waals surface area contributed by atoms with E-state index in [0.717, 1.165) is 44.9 Å². The van der Waals surface area contributed by atoms with Crippen LogP contribution in [-0.2, 0) is 23.7 Å². The number of carbonyl (C=O) groups is 3. The molecule has 0 spiro atoms. The van der Waals surface area contributed by atoms with E-state index in [1.165, 1.54) is 37.8 Å². The maximum atomic E-state index is 12.7. The van der Waals surface area contributed by atoms with Crippen molar-refractivity contribution in [3.05, 3.63) is 59.7 Å². The summed E-state index contributed by atoms with van der Waals surface area (Å²) >= 11 is 0. The molecule has 1 aromatic carbocycles. The van der Waals surface area contributed by atoms with Gasteiger partial charge >= 0.3 is 17.9 Å². The van der Waals surface area contributed by atoms with E-state index in [1.54, 1.807) is 19.1 Å². The highest BCUT2D eigenvalue weighted by Gasteiger charge is 2.22. The van der Waals surface area contributed by atoms with Crippen LogP contribution in [0.15, 0.2) is 48.6 Å². The molecule has 0 bridgehead atoms. The Labute approximate surface area is 247 Å². The van der Waals surface area contributed by atoms with Crippen LogP contribution in [0.1, 0.15) is 125 Å². The van der Waals surface area contributed by atoms with Gasteiger partial charge in [0.2, 0.25) is 0 Å². The minimum Gasteiger partial charge on any atom is -0.462 e. The van der Waals surface area contributed by atoms with Gasteiger partial charge in [-0.15, -0.1) is 0 Å². The van der Waals surface area contributed by atoms with Crippen LogP contribution in [0.3, 0.4) is 0 Å². The number of allylic oxidation sites excluding steroid dienone is 4. The molecule has 1 unspecified atom stereocenters. The van der Waals surface area contributed by atoms with Crippen LogP contribution in [0.2, 0.25) is 0 Å². The first-order chi connectivity index (χ1) is 19.9. The maximum Gasteiger partial charge on any atom is 0.339 e. The van der Waals surface area contributed by atoms with Gasteiger partial charge in [-0.2, -0.15) is 0 Å². The normalized spacial score (nSPS) is 12.2. The number of hydrogen-bond acceptors (Lipinski definition) is 7. The fourth-order valence-electron chi connectivity index (χ4n) is 4.04. The second-order valence-electron chi connectivity index (χ2n) is 10.3. The highest BCUT2D eigenvalue weighted by Crippen LogP contribution is 2.14. The van der Waals surface area contributed by atoms with E-state index in [-0.39, 0.29) is 43.0 Å². The van der Waals surface area contributed by atoms with Crippen molar-refractivity contribution in [2.45, 2.75) is 117 Å². The van der Waals surface area contributed by atoms with E-state index in [2.05, 4.69) is 31.2 Å². The van der Waals surface area contributed by atoms with Crippen LogP contribution in [0, 0.1) is 0 Å². The van der Waals surface area contributed by atoms with Crippen LogP contribution in [0.5, 0.6) is 0 Å². The number of esters is 3. The molecule has 0 amide bonds. The van der Waals surface area contributed by atoms with E-state index in [0.29, 0.717) is 6.42 Å². The molecule has 0 fully saturated rings. The second-order valence-corrected chi connectivity index (χ2v) is 10.3. The lowest BCUT2D eigenvalue weighted by atomic mass is 10.1. The molecule has 0 radical (unpaired) electrons. The Bertz CT molecular complexity index is 919. The fourth-order valence-corrected chi connectivity index (χ4v) is 4.04. The fraction of sp³-hybridized carbons (Fsp3) is 0.618. The van der Waals surface area contributed by atoms with Gasteiger partial charge in [-0.3, -0.25) is 4.79 Å². The zero-order valence-corrected chi connectivity index (χ0v) is 25.7. The SMILES string of the molecule is CCCCC/C=C\C/C=C\CCCCCCCC(=O)OC(COC(=O)c1ccccc1C(=O)OCC)COC(C)C. The molecule has 0 saturated carbocycles. The third-order valence-corrected chi connectivity index (χ3v) is 6.29. The summed E-state index contributed by atoms with van der Waals surface area (Å²) in [7, 11) is 0. The molecule has 0 aliphatic rings. The summed E-state index contributed by atoms with van der Waals surface area (Å²) in [4.78, 5) is 37.4. The number of unbranched alkanes of at least 4 members (excludes halogenated alkanes) is 8. The number of ether oxygens (including phenoxy) is 4. The standard InChI is InChI=1S/C34H52O7/c1-5-7-8-9-10-11-12-13-14-15-16-17-18-19-20-25-32(35)41-29(26-39-28(3)4)27-40-34(37)31-24-22-21-23-30(31)33(36)38-6-2/h10-11,13-14,21-24,28-29H,5-9,12,15-20,25-27H2,1-4H3/b11-10-,14-13-. The number of rotatable bonds is 23. The van der Waals surface area contributed by atoms with Gasteiger partial charge in [0.05, 0.1) is 30.4 Å². The Morgan fingerprint density at radius 1 is 0.732 bits per heavy atom. The van der Waals surface area contributed by atoms with E-state index < -0.39 is 18.0 Å². The monoisotopic (exact) mass is 572 g/mol. The van der Waals surface area contributed by atoms with Crippen molar-refractivity contribution >= 4 is 17.9 Å². The molecule has 0 aromatic heterocycles. The molecular weight excluding hydrogens is 520 g/mol. The lowest BCUT2D eigenvalue weighted by Gasteiger charge is -2.20. The van der Waals surface area contributed by atoms with Gasteiger partial charge in [-0.25, -0.2) is 9.59 Å². The van der Waals surface area contributed by atoms with E-state index in [4.69, 9.17) is 18.9 Å². The molecule has 230 valence electrons. The Morgan fingerprint density at radius 2 is 1.32 bits per heavy atom. The maximum absolute atomic E-state index is 12.7. The molecule has 0 N–H and O–H groups in total. The Balaban J connectivity index is 2.34. The van der Waals surface area contributed by atoms with Crippen LogP contribution in [-0.4, -0.2) is 49.9 Å². The number of carbonyl (C=O) groups excluding carboxylic acids is 3. The van der Waals surface area contributed by atoms with Gasteiger partial charge in [-0.1, -0.05) is 75.5 Å². The van der Waals surface area contributed by atoms with E-state index >= 15 is 0 Å². The van der Waals surface area contributed by atoms with Crippen LogP contribution in [0.25, 0.3) is 0 Å². The summed E-state index contributed by atoms with van der Waals surface area (Å²) in [6.45, 7) is 7.81. The molecule has 0 saturated heterocycles. The zero-order chi connectivity index (χ0) is 30.1. The lowest BCUT2D eigenvalue weighted by molar-refractivity contribution is -0.156. The summed E-state index contributed by atoms with van der Waals surface area (Å²) in [6.07, 6.45) is 20.8. The molecule has 1 atom stereocenters. The number of benzene rings is 1. The molecule has 1 aromatic rings. The summed E-state index contributed by atoms with van der Waals surface area (Å²) in [6, 6.07) is 6.31.